The minimum atomic E-state index is -0.0902. The third kappa shape index (κ3) is 1.94. The molecule has 2 nitrogen and oxygen atoms in total. The largest absolute Gasteiger partial charge is 0.512 e. The average molecular weight is 264 g/mol. The summed E-state index contributed by atoms with van der Waals surface area (Å²) in [6.07, 6.45) is 8.62. The summed E-state index contributed by atoms with van der Waals surface area (Å²) in [5.41, 5.74) is 1.52. The first-order valence-corrected chi connectivity index (χ1v) is 8.17. The van der Waals surface area contributed by atoms with Gasteiger partial charge >= 0.3 is 0 Å². The Kier molecular flexibility index (Phi) is 3.41. The Morgan fingerprint density at radius 1 is 1.21 bits per heavy atom. The fraction of sp³-hybridized carbons (Fsp3) is 0.882. The fourth-order valence-corrected chi connectivity index (χ4v) is 5.37. The van der Waals surface area contributed by atoms with Crippen molar-refractivity contribution >= 4 is 0 Å². The molecule has 3 aliphatic carbocycles. The number of rotatable bonds is 2. The first-order valence-electron chi connectivity index (χ1n) is 8.17. The lowest BCUT2D eigenvalue weighted by Gasteiger charge is -2.50. The third-order valence-corrected chi connectivity index (χ3v) is 6.44. The van der Waals surface area contributed by atoms with Gasteiger partial charge in [-0.25, -0.2) is 0 Å². The lowest BCUT2D eigenvalue weighted by Crippen LogP contribution is -2.44. The van der Waals surface area contributed by atoms with Crippen molar-refractivity contribution in [1.82, 2.24) is 0 Å². The van der Waals surface area contributed by atoms with Gasteiger partial charge in [0.25, 0.3) is 0 Å². The Bertz CT molecular complexity index is 387. The molecule has 2 saturated carbocycles. The zero-order valence-corrected chi connectivity index (χ0v) is 12.4. The van der Waals surface area contributed by atoms with Crippen molar-refractivity contribution in [3.63, 3.8) is 0 Å². The van der Waals surface area contributed by atoms with Gasteiger partial charge in [0.1, 0.15) is 0 Å². The molecule has 0 bridgehead atoms. The molecule has 19 heavy (non-hydrogen) atoms. The van der Waals surface area contributed by atoms with Gasteiger partial charge in [0.15, 0.2) is 0 Å². The van der Waals surface area contributed by atoms with E-state index in [0.29, 0.717) is 23.5 Å². The molecule has 2 N–H and O–H groups in total. The molecular weight excluding hydrogens is 236 g/mol. The summed E-state index contributed by atoms with van der Waals surface area (Å²) in [6, 6.07) is 0. The molecule has 2 fully saturated rings. The molecule has 2 heteroatoms. The van der Waals surface area contributed by atoms with E-state index in [-0.39, 0.29) is 11.5 Å². The highest BCUT2D eigenvalue weighted by atomic mass is 16.3. The van der Waals surface area contributed by atoms with E-state index in [1.807, 2.05) is 0 Å². The second kappa shape index (κ2) is 4.80. The van der Waals surface area contributed by atoms with Crippen LogP contribution in [0.1, 0.15) is 65.2 Å². The van der Waals surface area contributed by atoms with Crippen LogP contribution in [0, 0.1) is 23.2 Å². The van der Waals surface area contributed by atoms with Crippen molar-refractivity contribution in [2.75, 3.05) is 0 Å². The minimum Gasteiger partial charge on any atom is -0.512 e. The van der Waals surface area contributed by atoms with Crippen LogP contribution >= 0.6 is 0 Å². The average Bonchev–Trinajstić information content (AvgIpc) is 2.69. The Labute approximate surface area is 116 Å². The van der Waals surface area contributed by atoms with E-state index in [1.54, 1.807) is 0 Å². The highest BCUT2D eigenvalue weighted by Gasteiger charge is 2.54. The number of aliphatic hydroxyl groups is 2. The van der Waals surface area contributed by atoms with E-state index < -0.39 is 0 Å². The normalized spacial score (nSPS) is 46.1. The summed E-state index contributed by atoms with van der Waals surface area (Å²) < 4.78 is 0. The Hall–Kier alpha value is -0.500. The van der Waals surface area contributed by atoms with E-state index >= 15 is 0 Å². The second-order valence-electron chi connectivity index (χ2n) is 7.28. The quantitative estimate of drug-likeness (QED) is 0.785. The van der Waals surface area contributed by atoms with E-state index in [1.165, 1.54) is 18.4 Å². The molecule has 0 heterocycles. The molecule has 5 atom stereocenters. The van der Waals surface area contributed by atoms with E-state index in [0.717, 1.165) is 38.5 Å². The molecule has 3 aliphatic rings. The van der Waals surface area contributed by atoms with Crippen LogP contribution in [0.15, 0.2) is 11.3 Å². The van der Waals surface area contributed by atoms with Crippen LogP contribution in [0.5, 0.6) is 0 Å². The summed E-state index contributed by atoms with van der Waals surface area (Å²) in [4.78, 5) is 0. The number of hydrogen-bond donors (Lipinski definition) is 2. The van der Waals surface area contributed by atoms with Crippen LogP contribution in [0.25, 0.3) is 0 Å². The van der Waals surface area contributed by atoms with Crippen LogP contribution in [-0.2, 0) is 0 Å². The molecule has 0 aromatic carbocycles. The summed E-state index contributed by atoms with van der Waals surface area (Å²) in [5, 5.41) is 20.6. The lowest BCUT2D eigenvalue weighted by atomic mass is 9.55. The predicted molar refractivity (Wildman–Crippen MR) is 76.8 cm³/mol. The van der Waals surface area contributed by atoms with Crippen molar-refractivity contribution in [3.8, 4) is 0 Å². The van der Waals surface area contributed by atoms with Crippen LogP contribution < -0.4 is 0 Å². The second-order valence-corrected chi connectivity index (χ2v) is 7.28. The molecule has 0 radical (unpaired) electrons. The van der Waals surface area contributed by atoms with Gasteiger partial charge in [0, 0.05) is 6.42 Å². The number of fused-ring (bicyclic) bond motifs is 3. The van der Waals surface area contributed by atoms with E-state index in [9.17, 15) is 10.2 Å². The van der Waals surface area contributed by atoms with Gasteiger partial charge < -0.3 is 10.2 Å². The molecule has 0 amide bonds. The zero-order valence-electron chi connectivity index (χ0n) is 12.4. The van der Waals surface area contributed by atoms with Crippen LogP contribution in [-0.4, -0.2) is 16.3 Å². The number of hydrogen-bond acceptors (Lipinski definition) is 2. The maximum Gasteiger partial charge on any atom is 0.0917 e. The van der Waals surface area contributed by atoms with Gasteiger partial charge in [-0.15, -0.1) is 0 Å². The Morgan fingerprint density at radius 2 is 2.00 bits per heavy atom. The lowest BCUT2D eigenvalue weighted by molar-refractivity contribution is -0.0332. The Balaban J connectivity index is 1.88. The Morgan fingerprint density at radius 3 is 2.74 bits per heavy atom. The zero-order chi connectivity index (χ0) is 13.6. The number of aliphatic hydroxyl groups excluding tert-OH is 2. The first-order chi connectivity index (χ1) is 9.08. The standard InChI is InChI=1S/C17H28O2/c1-3-4-13-11-9-10-17(2)14(6-8-16(17)19)12(11)5-7-15(13)18/h11-12,14,16,18-19H,3-10H2,1-2H3. The van der Waals surface area contributed by atoms with Gasteiger partial charge in [0.2, 0.25) is 0 Å². The van der Waals surface area contributed by atoms with Gasteiger partial charge in [-0.1, -0.05) is 20.3 Å². The monoisotopic (exact) mass is 264 g/mol. The summed E-state index contributed by atoms with van der Waals surface area (Å²) in [5.74, 6) is 2.71. The predicted octanol–water partition coefficient (Wildman–Crippen LogP) is 4.20. The topological polar surface area (TPSA) is 40.5 Å². The molecule has 0 aliphatic heterocycles. The van der Waals surface area contributed by atoms with E-state index in [2.05, 4.69) is 13.8 Å². The SMILES string of the molecule is CCCC1=C(O)CCC2C1CCC1(C)C(O)CCC21. The highest BCUT2D eigenvalue weighted by molar-refractivity contribution is 5.20. The van der Waals surface area contributed by atoms with Gasteiger partial charge in [-0.3, -0.25) is 0 Å². The van der Waals surface area contributed by atoms with Crippen molar-refractivity contribution in [3.05, 3.63) is 11.3 Å². The maximum absolute atomic E-state index is 10.3. The molecule has 3 rings (SSSR count). The molecule has 0 aromatic heterocycles. The van der Waals surface area contributed by atoms with Crippen LogP contribution in [0.4, 0.5) is 0 Å². The van der Waals surface area contributed by atoms with E-state index in [4.69, 9.17) is 0 Å². The summed E-state index contributed by atoms with van der Waals surface area (Å²) >= 11 is 0. The third-order valence-electron chi connectivity index (χ3n) is 6.44. The van der Waals surface area contributed by atoms with Crippen molar-refractivity contribution < 1.29 is 10.2 Å². The first kappa shape index (κ1) is 13.5. The molecule has 0 saturated heterocycles. The molecular formula is C17H28O2. The summed E-state index contributed by atoms with van der Waals surface area (Å²) in [6.45, 7) is 4.51. The van der Waals surface area contributed by atoms with Gasteiger partial charge in [-0.05, 0) is 67.3 Å². The minimum absolute atomic E-state index is 0.0902. The van der Waals surface area contributed by atoms with Crippen molar-refractivity contribution in [1.29, 1.82) is 0 Å². The molecule has 108 valence electrons. The van der Waals surface area contributed by atoms with Crippen LogP contribution in [0.2, 0.25) is 0 Å². The molecule has 0 aromatic rings. The molecule has 0 spiro atoms. The summed E-state index contributed by atoms with van der Waals surface area (Å²) in [7, 11) is 0. The highest BCUT2D eigenvalue weighted by Crippen LogP contribution is 2.60. The smallest absolute Gasteiger partial charge is 0.0917 e. The van der Waals surface area contributed by atoms with Gasteiger partial charge in [0.05, 0.1) is 11.9 Å². The molecule has 5 unspecified atom stereocenters. The van der Waals surface area contributed by atoms with Crippen molar-refractivity contribution in [2.45, 2.75) is 71.3 Å². The number of allylic oxidation sites excluding steroid dienone is 2. The van der Waals surface area contributed by atoms with Crippen LogP contribution in [0.3, 0.4) is 0 Å². The van der Waals surface area contributed by atoms with Gasteiger partial charge in [-0.2, -0.15) is 0 Å². The fourth-order valence-electron chi connectivity index (χ4n) is 5.37. The van der Waals surface area contributed by atoms with Crippen molar-refractivity contribution in [2.24, 2.45) is 23.2 Å². The maximum atomic E-state index is 10.3.